The van der Waals surface area contributed by atoms with E-state index >= 15 is 0 Å². The summed E-state index contributed by atoms with van der Waals surface area (Å²) in [7, 11) is 0. The SMILES string of the molecule is Cc1cccc(C)c1OCC(=O)NNC(=S)N[C@@H]1CCCC[C@H]1C. The molecule has 0 spiro atoms. The minimum Gasteiger partial charge on any atom is -0.483 e. The number of benzene rings is 1. The zero-order chi connectivity index (χ0) is 17.5. The maximum Gasteiger partial charge on any atom is 0.276 e. The van der Waals surface area contributed by atoms with E-state index in [0.29, 0.717) is 17.1 Å². The average molecular weight is 350 g/mol. The molecule has 0 aromatic heterocycles. The minimum atomic E-state index is -0.265. The number of para-hydroxylation sites is 1. The normalized spacial score (nSPS) is 20.1. The van der Waals surface area contributed by atoms with Gasteiger partial charge in [-0.15, -0.1) is 0 Å². The van der Waals surface area contributed by atoms with Crippen molar-refractivity contribution in [3.63, 3.8) is 0 Å². The van der Waals surface area contributed by atoms with Gasteiger partial charge in [0.2, 0.25) is 0 Å². The topological polar surface area (TPSA) is 62.4 Å². The number of hydrogen-bond acceptors (Lipinski definition) is 3. The summed E-state index contributed by atoms with van der Waals surface area (Å²) in [6, 6.07) is 6.27. The molecule has 5 nitrogen and oxygen atoms in total. The predicted octanol–water partition coefficient (Wildman–Crippen LogP) is 2.76. The standard InChI is InChI=1S/C18H27N3O2S/c1-12-7-4-5-10-15(12)19-18(24)21-20-16(22)11-23-17-13(2)8-6-9-14(17)3/h6,8-9,12,15H,4-5,7,10-11H2,1-3H3,(H,20,22)(H2,19,21,24)/t12-,15-/m1/s1. The Labute approximate surface area is 149 Å². The van der Waals surface area contributed by atoms with Gasteiger partial charge in [0.1, 0.15) is 5.75 Å². The fraction of sp³-hybridized carbons (Fsp3) is 0.556. The molecule has 1 saturated carbocycles. The maximum atomic E-state index is 11.9. The number of carbonyl (C=O) groups is 1. The Morgan fingerprint density at radius 3 is 2.54 bits per heavy atom. The quantitative estimate of drug-likeness (QED) is 0.576. The Morgan fingerprint density at radius 2 is 1.88 bits per heavy atom. The van der Waals surface area contributed by atoms with Crippen LogP contribution in [0.3, 0.4) is 0 Å². The van der Waals surface area contributed by atoms with Crippen molar-refractivity contribution >= 4 is 23.2 Å². The third-order valence-corrected chi connectivity index (χ3v) is 4.72. The second-order valence-corrected chi connectivity index (χ2v) is 6.93. The molecular formula is C18H27N3O2S. The second kappa shape index (κ2) is 8.87. The van der Waals surface area contributed by atoms with E-state index in [0.717, 1.165) is 23.3 Å². The molecule has 0 bridgehead atoms. The molecule has 2 rings (SSSR count). The molecule has 1 aliphatic rings. The van der Waals surface area contributed by atoms with Crippen LogP contribution >= 0.6 is 12.2 Å². The average Bonchev–Trinajstić information content (AvgIpc) is 2.54. The Morgan fingerprint density at radius 1 is 1.21 bits per heavy atom. The van der Waals surface area contributed by atoms with Gasteiger partial charge in [-0.05, 0) is 56.0 Å². The van der Waals surface area contributed by atoms with E-state index in [-0.39, 0.29) is 12.5 Å². The summed E-state index contributed by atoms with van der Waals surface area (Å²) in [5, 5.41) is 3.73. The van der Waals surface area contributed by atoms with Gasteiger partial charge in [-0.3, -0.25) is 15.6 Å². The van der Waals surface area contributed by atoms with Crippen LogP contribution in [0, 0.1) is 19.8 Å². The summed E-state index contributed by atoms with van der Waals surface area (Å²) >= 11 is 5.25. The molecular weight excluding hydrogens is 322 g/mol. The molecule has 24 heavy (non-hydrogen) atoms. The van der Waals surface area contributed by atoms with E-state index < -0.39 is 0 Å². The zero-order valence-corrected chi connectivity index (χ0v) is 15.5. The monoisotopic (exact) mass is 349 g/mol. The summed E-state index contributed by atoms with van der Waals surface area (Å²) in [5.41, 5.74) is 7.36. The zero-order valence-electron chi connectivity index (χ0n) is 14.6. The van der Waals surface area contributed by atoms with Crippen LogP contribution in [-0.4, -0.2) is 23.7 Å². The fourth-order valence-electron chi connectivity index (χ4n) is 3.06. The largest absolute Gasteiger partial charge is 0.483 e. The van der Waals surface area contributed by atoms with E-state index in [9.17, 15) is 4.79 Å². The smallest absolute Gasteiger partial charge is 0.276 e. The Bertz CT molecular complexity index is 571. The van der Waals surface area contributed by atoms with Crippen LogP contribution in [0.1, 0.15) is 43.7 Å². The van der Waals surface area contributed by atoms with Gasteiger partial charge in [-0.1, -0.05) is 38.0 Å². The summed E-state index contributed by atoms with van der Waals surface area (Å²) in [6.45, 7) is 6.10. The Hall–Kier alpha value is -1.82. The van der Waals surface area contributed by atoms with Crippen molar-refractivity contribution in [1.82, 2.24) is 16.2 Å². The van der Waals surface area contributed by atoms with Crippen molar-refractivity contribution in [3.8, 4) is 5.75 Å². The van der Waals surface area contributed by atoms with Crippen molar-refractivity contribution in [2.45, 2.75) is 52.5 Å². The van der Waals surface area contributed by atoms with Crippen LogP contribution < -0.4 is 20.9 Å². The van der Waals surface area contributed by atoms with Crippen LogP contribution in [0.5, 0.6) is 5.75 Å². The van der Waals surface area contributed by atoms with Gasteiger partial charge < -0.3 is 10.1 Å². The molecule has 2 atom stereocenters. The maximum absolute atomic E-state index is 11.9. The van der Waals surface area contributed by atoms with Crippen molar-refractivity contribution in [2.24, 2.45) is 5.92 Å². The van der Waals surface area contributed by atoms with E-state index in [1.165, 1.54) is 19.3 Å². The van der Waals surface area contributed by atoms with Gasteiger partial charge >= 0.3 is 0 Å². The van der Waals surface area contributed by atoms with Gasteiger partial charge in [-0.25, -0.2) is 0 Å². The van der Waals surface area contributed by atoms with Crippen LogP contribution in [0.2, 0.25) is 0 Å². The van der Waals surface area contributed by atoms with Crippen molar-refractivity contribution in [1.29, 1.82) is 0 Å². The molecule has 3 N–H and O–H groups in total. The number of rotatable bonds is 4. The lowest BCUT2D eigenvalue weighted by Gasteiger charge is -2.30. The fourth-order valence-corrected chi connectivity index (χ4v) is 3.26. The first-order chi connectivity index (χ1) is 11.5. The van der Waals surface area contributed by atoms with Gasteiger partial charge in [0.15, 0.2) is 11.7 Å². The minimum absolute atomic E-state index is 0.0544. The molecule has 0 saturated heterocycles. The van der Waals surface area contributed by atoms with Crippen molar-refractivity contribution in [3.05, 3.63) is 29.3 Å². The van der Waals surface area contributed by atoms with Gasteiger partial charge in [0.05, 0.1) is 0 Å². The lowest BCUT2D eigenvalue weighted by molar-refractivity contribution is -0.123. The lowest BCUT2D eigenvalue weighted by Crippen LogP contribution is -2.52. The van der Waals surface area contributed by atoms with Crippen LogP contribution in [-0.2, 0) is 4.79 Å². The third-order valence-electron chi connectivity index (χ3n) is 4.50. The summed E-state index contributed by atoms with van der Waals surface area (Å²) in [6.07, 6.45) is 4.84. The van der Waals surface area contributed by atoms with E-state index in [2.05, 4.69) is 23.1 Å². The summed E-state index contributed by atoms with van der Waals surface area (Å²) in [4.78, 5) is 11.9. The van der Waals surface area contributed by atoms with E-state index in [1.807, 2.05) is 32.0 Å². The number of hydrogen-bond donors (Lipinski definition) is 3. The van der Waals surface area contributed by atoms with Crippen LogP contribution in [0.15, 0.2) is 18.2 Å². The number of aryl methyl sites for hydroxylation is 2. The van der Waals surface area contributed by atoms with Gasteiger partial charge in [0.25, 0.3) is 5.91 Å². The van der Waals surface area contributed by atoms with Crippen LogP contribution in [0.25, 0.3) is 0 Å². The number of carbonyl (C=O) groups excluding carboxylic acids is 1. The molecule has 1 aromatic carbocycles. The molecule has 1 aromatic rings. The summed E-state index contributed by atoms with van der Waals surface area (Å²) in [5.74, 6) is 1.09. The van der Waals surface area contributed by atoms with Gasteiger partial charge in [0, 0.05) is 6.04 Å². The first kappa shape index (κ1) is 18.5. The molecule has 0 radical (unpaired) electrons. The lowest BCUT2D eigenvalue weighted by atomic mass is 9.86. The van der Waals surface area contributed by atoms with Gasteiger partial charge in [-0.2, -0.15) is 0 Å². The van der Waals surface area contributed by atoms with Crippen LogP contribution in [0.4, 0.5) is 0 Å². The molecule has 0 heterocycles. The highest BCUT2D eigenvalue weighted by Crippen LogP contribution is 2.23. The highest BCUT2D eigenvalue weighted by Gasteiger charge is 2.21. The Kier molecular flexibility index (Phi) is 6.85. The van der Waals surface area contributed by atoms with Crippen molar-refractivity contribution in [2.75, 3.05) is 6.61 Å². The highest BCUT2D eigenvalue weighted by molar-refractivity contribution is 7.80. The molecule has 1 aliphatic carbocycles. The number of nitrogens with one attached hydrogen (secondary N) is 3. The number of ether oxygens (including phenoxy) is 1. The molecule has 132 valence electrons. The second-order valence-electron chi connectivity index (χ2n) is 6.52. The number of amides is 1. The highest BCUT2D eigenvalue weighted by atomic mass is 32.1. The van der Waals surface area contributed by atoms with Crippen molar-refractivity contribution < 1.29 is 9.53 Å². The molecule has 0 aliphatic heterocycles. The third kappa shape index (κ3) is 5.37. The van der Waals surface area contributed by atoms with E-state index in [4.69, 9.17) is 17.0 Å². The number of thiocarbonyl (C=S) groups is 1. The first-order valence-electron chi connectivity index (χ1n) is 8.51. The molecule has 1 amide bonds. The first-order valence-corrected chi connectivity index (χ1v) is 8.92. The molecule has 6 heteroatoms. The Balaban J connectivity index is 1.72. The molecule has 1 fully saturated rings. The number of hydrazine groups is 1. The molecule has 0 unspecified atom stereocenters. The van der Waals surface area contributed by atoms with E-state index in [1.54, 1.807) is 0 Å². The predicted molar refractivity (Wildman–Crippen MR) is 99.8 cm³/mol. The summed E-state index contributed by atoms with van der Waals surface area (Å²) < 4.78 is 5.61.